The lowest BCUT2D eigenvalue weighted by atomic mass is 9.88. The highest BCUT2D eigenvalue weighted by Gasteiger charge is 2.14. The van der Waals surface area contributed by atoms with Gasteiger partial charge in [0, 0.05) is 26.0 Å². The molecule has 0 aliphatic carbocycles. The predicted octanol–water partition coefficient (Wildman–Crippen LogP) is 0.312. The van der Waals surface area contributed by atoms with E-state index in [1.807, 2.05) is 0 Å². The molecular weight excluding hydrogens is 218 g/mol. The third kappa shape index (κ3) is 3.56. The molecule has 0 radical (unpaired) electrons. The first-order valence-electron chi connectivity index (χ1n) is 5.83. The van der Waals surface area contributed by atoms with Crippen molar-refractivity contribution in [2.45, 2.75) is 33.2 Å². The maximum absolute atomic E-state index is 11.6. The summed E-state index contributed by atoms with van der Waals surface area (Å²) in [6, 6.07) is 0. The Balaban J connectivity index is 2.69. The SMILES string of the molecule is Cn1ccn(CCCC(C)(C)CN)c(=O)c1=O. The van der Waals surface area contributed by atoms with Crippen molar-refractivity contribution in [1.29, 1.82) is 0 Å². The molecule has 0 amide bonds. The average Bonchev–Trinajstić information content (AvgIpc) is 2.29. The Labute approximate surface area is 101 Å². The van der Waals surface area contributed by atoms with Crippen molar-refractivity contribution >= 4 is 0 Å². The topological polar surface area (TPSA) is 70.0 Å². The van der Waals surface area contributed by atoms with Gasteiger partial charge in [0.25, 0.3) is 0 Å². The fourth-order valence-electron chi connectivity index (χ4n) is 1.60. The van der Waals surface area contributed by atoms with Gasteiger partial charge in [-0.2, -0.15) is 0 Å². The van der Waals surface area contributed by atoms with Gasteiger partial charge in [0.2, 0.25) is 0 Å². The molecule has 0 atom stereocenters. The van der Waals surface area contributed by atoms with E-state index in [1.54, 1.807) is 19.4 Å². The molecule has 0 aliphatic heterocycles. The molecule has 0 saturated carbocycles. The predicted molar refractivity (Wildman–Crippen MR) is 68.0 cm³/mol. The molecule has 5 nitrogen and oxygen atoms in total. The number of nitrogens with zero attached hydrogens (tertiary/aromatic N) is 2. The van der Waals surface area contributed by atoms with Crippen LogP contribution in [0.2, 0.25) is 0 Å². The minimum Gasteiger partial charge on any atom is -0.330 e. The van der Waals surface area contributed by atoms with E-state index in [0.717, 1.165) is 12.8 Å². The van der Waals surface area contributed by atoms with Crippen LogP contribution in [0.4, 0.5) is 0 Å². The lowest BCUT2D eigenvalue weighted by Gasteiger charge is -2.22. The fraction of sp³-hybridized carbons (Fsp3) is 0.667. The van der Waals surface area contributed by atoms with Gasteiger partial charge in [0.15, 0.2) is 0 Å². The molecule has 1 aromatic heterocycles. The van der Waals surface area contributed by atoms with Crippen molar-refractivity contribution in [3.8, 4) is 0 Å². The van der Waals surface area contributed by atoms with Crippen molar-refractivity contribution in [2.24, 2.45) is 18.2 Å². The largest absolute Gasteiger partial charge is 0.330 e. The van der Waals surface area contributed by atoms with Gasteiger partial charge in [-0.3, -0.25) is 9.59 Å². The summed E-state index contributed by atoms with van der Waals surface area (Å²) in [5.41, 5.74) is 4.79. The van der Waals surface area contributed by atoms with E-state index in [4.69, 9.17) is 5.73 Å². The highest BCUT2D eigenvalue weighted by atomic mass is 16.2. The molecule has 0 bridgehead atoms. The van der Waals surface area contributed by atoms with Crippen molar-refractivity contribution in [1.82, 2.24) is 9.13 Å². The van der Waals surface area contributed by atoms with Gasteiger partial charge in [0.05, 0.1) is 0 Å². The monoisotopic (exact) mass is 239 g/mol. The lowest BCUT2D eigenvalue weighted by Crippen LogP contribution is -2.39. The van der Waals surface area contributed by atoms with E-state index in [0.29, 0.717) is 13.1 Å². The first-order chi connectivity index (χ1) is 7.87. The second kappa shape index (κ2) is 5.31. The average molecular weight is 239 g/mol. The molecule has 0 saturated heterocycles. The third-order valence-electron chi connectivity index (χ3n) is 3.04. The smallest absolute Gasteiger partial charge is 0.316 e. The van der Waals surface area contributed by atoms with Gasteiger partial charge in [-0.1, -0.05) is 13.8 Å². The Morgan fingerprint density at radius 1 is 1.24 bits per heavy atom. The Morgan fingerprint density at radius 2 is 1.88 bits per heavy atom. The van der Waals surface area contributed by atoms with Gasteiger partial charge in [-0.25, -0.2) is 0 Å². The van der Waals surface area contributed by atoms with Crippen LogP contribution in [0.5, 0.6) is 0 Å². The van der Waals surface area contributed by atoms with E-state index >= 15 is 0 Å². The van der Waals surface area contributed by atoms with Crippen molar-refractivity contribution in [3.05, 3.63) is 33.1 Å². The number of hydrogen-bond acceptors (Lipinski definition) is 3. The quantitative estimate of drug-likeness (QED) is 0.752. The van der Waals surface area contributed by atoms with E-state index < -0.39 is 11.1 Å². The number of aryl methyl sites for hydroxylation is 2. The van der Waals surface area contributed by atoms with E-state index in [9.17, 15) is 9.59 Å². The number of nitrogens with two attached hydrogens (primary N) is 1. The van der Waals surface area contributed by atoms with Crippen LogP contribution >= 0.6 is 0 Å². The van der Waals surface area contributed by atoms with Gasteiger partial charge in [0.1, 0.15) is 0 Å². The maximum atomic E-state index is 11.6. The zero-order chi connectivity index (χ0) is 13.1. The van der Waals surface area contributed by atoms with E-state index in [1.165, 1.54) is 9.13 Å². The minimum absolute atomic E-state index is 0.0867. The Bertz CT molecular complexity index is 485. The zero-order valence-electron chi connectivity index (χ0n) is 10.8. The van der Waals surface area contributed by atoms with Crippen molar-refractivity contribution in [2.75, 3.05) is 6.54 Å². The van der Waals surface area contributed by atoms with Gasteiger partial charge < -0.3 is 14.9 Å². The summed E-state index contributed by atoms with van der Waals surface area (Å²) >= 11 is 0. The molecule has 0 spiro atoms. The second-order valence-electron chi connectivity index (χ2n) is 5.18. The van der Waals surface area contributed by atoms with Crippen molar-refractivity contribution < 1.29 is 0 Å². The van der Waals surface area contributed by atoms with Crippen LogP contribution in [0, 0.1) is 5.41 Å². The first-order valence-corrected chi connectivity index (χ1v) is 5.83. The molecule has 0 fully saturated rings. The van der Waals surface area contributed by atoms with Crippen LogP contribution in [0.25, 0.3) is 0 Å². The molecule has 0 aliphatic rings. The third-order valence-corrected chi connectivity index (χ3v) is 3.04. The molecule has 2 N–H and O–H groups in total. The van der Waals surface area contributed by atoms with Crippen LogP contribution < -0.4 is 16.9 Å². The van der Waals surface area contributed by atoms with Crippen LogP contribution in [-0.4, -0.2) is 15.7 Å². The standard InChI is InChI=1S/C12H21N3O2/c1-12(2,9-13)5-4-6-15-8-7-14(3)10(16)11(15)17/h7-8H,4-6,9,13H2,1-3H3. The highest BCUT2D eigenvalue weighted by molar-refractivity contribution is 4.84. The molecular formula is C12H21N3O2. The summed E-state index contributed by atoms with van der Waals surface area (Å²) in [7, 11) is 1.58. The molecule has 96 valence electrons. The number of aromatic nitrogens is 2. The van der Waals surface area contributed by atoms with Crippen LogP contribution in [0.15, 0.2) is 22.0 Å². The fourth-order valence-corrected chi connectivity index (χ4v) is 1.60. The lowest BCUT2D eigenvalue weighted by molar-refractivity contribution is 0.326. The van der Waals surface area contributed by atoms with E-state index in [-0.39, 0.29) is 5.41 Å². The maximum Gasteiger partial charge on any atom is 0.316 e. The Kier molecular flexibility index (Phi) is 4.28. The van der Waals surface area contributed by atoms with E-state index in [2.05, 4.69) is 13.8 Å². The summed E-state index contributed by atoms with van der Waals surface area (Å²) in [6.45, 7) is 5.39. The van der Waals surface area contributed by atoms with Crippen LogP contribution in [0.1, 0.15) is 26.7 Å². The molecule has 1 rings (SSSR count). The number of hydrogen-bond donors (Lipinski definition) is 1. The highest BCUT2D eigenvalue weighted by Crippen LogP contribution is 2.20. The molecule has 1 aromatic rings. The summed E-state index contributed by atoms with van der Waals surface area (Å²) in [4.78, 5) is 23.0. The summed E-state index contributed by atoms with van der Waals surface area (Å²) in [5.74, 6) is 0. The Morgan fingerprint density at radius 3 is 2.47 bits per heavy atom. The molecule has 5 heteroatoms. The normalized spacial score (nSPS) is 11.8. The minimum atomic E-state index is -0.481. The molecule has 0 aromatic carbocycles. The number of rotatable bonds is 5. The van der Waals surface area contributed by atoms with Gasteiger partial charge >= 0.3 is 11.1 Å². The van der Waals surface area contributed by atoms with Crippen LogP contribution in [-0.2, 0) is 13.6 Å². The second-order valence-corrected chi connectivity index (χ2v) is 5.18. The van der Waals surface area contributed by atoms with Gasteiger partial charge in [-0.05, 0) is 24.8 Å². The Hall–Kier alpha value is -1.36. The summed E-state index contributed by atoms with van der Waals surface area (Å²) in [6.07, 6.45) is 5.04. The molecule has 17 heavy (non-hydrogen) atoms. The van der Waals surface area contributed by atoms with Crippen molar-refractivity contribution in [3.63, 3.8) is 0 Å². The summed E-state index contributed by atoms with van der Waals surface area (Å²) in [5, 5.41) is 0. The molecule has 1 heterocycles. The first kappa shape index (κ1) is 13.7. The molecule has 0 unspecified atom stereocenters. The summed E-state index contributed by atoms with van der Waals surface area (Å²) < 4.78 is 2.76. The zero-order valence-corrected chi connectivity index (χ0v) is 10.8. The van der Waals surface area contributed by atoms with Gasteiger partial charge in [-0.15, -0.1) is 0 Å². The van der Waals surface area contributed by atoms with Crippen LogP contribution in [0.3, 0.4) is 0 Å².